The van der Waals surface area contributed by atoms with Gasteiger partial charge in [-0.2, -0.15) is 4.98 Å². The summed E-state index contributed by atoms with van der Waals surface area (Å²) in [6.45, 7) is 0.633. The Morgan fingerprint density at radius 2 is 1.83 bits per heavy atom. The van der Waals surface area contributed by atoms with Gasteiger partial charge in [0.25, 0.3) is 0 Å². The molecule has 0 bridgehead atoms. The van der Waals surface area contributed by atoms with E-state index < -0.39 is 0 Å². The zero-order chi connectivity index (χ0) is 16.4. The second-order valence-electron chi connectivity index (χ2n) is 5.54. The predicted octanol–water partition coefficient (Wildman–Crippen LogP) is 3.98. The molecule has 1 aliphatic rings. The minimum absolute atomic E-state index is 0.0316. The lowest BCUT2D eigenvalue weighted by atomic mass is 10.1. The van der Waals surface area contributed by atoms with E-state index in [1.165, 1.54) is 0 Å². The molecule has 3 aromatic rings. The number of rotatable bonds is 4. The van der Waals surface area contributed by atoms with Crippen LogP contribution in [0.1, 0.15) is 16.8 Å². The molecule has 4 rings (SSSR count). The lowest BCUT2D eigenvalue weighted by Crippen LogP contribution is -2.00. The maximum absolute atomic E-state index is 10.1. The van der Waals surface area contributed by atoms with Gasteiger partial charge in [0.2, 0.25) is 11.8 Å². The fourth-order valence-corrected chi connectivity index (χ4v) is 2.65. The fourth-order valence-electron chi connectivity index (χ4n) is 2.65. The van der Waals surface area contributed by atoms with Crippen LogP contribution >= 0.6 is 0 Å². The molecular weight excluding hydrogens is 300 g/mol. The van der Waals surface area contributed by atoms with Crippen molar-refractivity contribution in [2.24, 2.45) is 4.99 Å². The van der Waals surface area contributed by atoms with E-state index in [1.807, 2.05) is 60.7 Å². The molecule has 1 aliphatic heterocycles. The molecule has 2 heterocycles. The first kappa shape index (κ1) is 14.3. The zero-order valence-corrected chi connectivity index (χ0v) is 12.9. The summed E-state index contributed by atoms with van der Waals surface area (Å²) >= 11 is 0. The Kier molecular flexibility index (Phi) is 3.59. The van der Waals surface area contributed by atoms with Crippen LogP contribution in [0.2, 0.25) is 0 Å². The van der Waals surface area contributed by atoms with Gasteiger partial charge < -0.3 is 15.4 Å². The van der Waals surface area contributed by atoms with E-state index in [0.717, 1.165) is 22.4 Å². The van der Waals surface area contributed by atoms with Crippen LogP contribution in [0.15, 0.2) is 59.6 Å². The number of aromatic amines is 1. The lowest BCUT2D eigenvalue weighted by molar-refractivity contribution is 0.455. The Balaban J connectivity index is 1.54. The van der Waals surface area contributed by atoms with Crippen molar-refractivity contribution in [3.63, 3.8) is 0 Å². The summed E-state index contributed by atoms with van der Waals surface area (Å²) in [7, 11) is 0. The van der Waals surface area contributed by atoms with Crippen molar-refractivity contribution in [3.05, 3.63) is 71.4 Å². The van der Waals surface area contributed by atoms with Crippen LogP contribution in [0.4, 0.5) is 11.6 Å². The maximum Gasteiger partial charge on any atom is 0.238 e. The van der Waals surface area contributed by atoms with Gasteiger partial charge in [0.15, 0.2) is 0 Å². The quantitative estimate of drug-likeness (QED) is 0.681. The van der Waals surface area contributed by atoms with Crippen LogP contribution in [0.25, 0.3) is 11.6 Å². The summed E-state index contributed by atoms with van der Waals surface area (Å²) in [5, 5.41) is 13.2. The molecule has 0 unspecified atom stereocenters. The Labute approximate surface area is 139 Å². The third kappa shape index (κ3) is 2.79. The van der Waals surface area contributed by atoms with Crippen molar-refractivity contribution in [1.29, 1.82) is 0 Å². The molecule has 0 fully saturated rings. The number of allylic oxidation sites excluding steroid dienone is 1. The normalized spacial score (nSPS) is 14.1. The summed E-state index contributed by atoms with van der Waals surface area (Å²) < 4.78 is 0. The van der Waals surface area contributed by atoms with Gasteiger partial charge in [-0.05, 0) is 17.7 Å². The Morgan fingerprint density at radius 3 is 2.71 bits per heavy atom. The van der Waals surface area contributed by atoms with Gasteiger partial charge in [-0.3, -0.25) is 4.99 Å². The fraction of sp³-hybridized carbons (Fsp3) is 0.0526. The van der Waals surface area contributed by atoms with Crippen LogP contribution in [-0.4, -0.2) is 21.3 Å². The molecule has 118 valence electrons. The summed E-state index contributed by atoms with van der Waals surface area (Å²) in [4.78, 5) is 11.6. The summed E-state index contributed by atoms with van der Waals surface area (Å²) in [6, 6.07) is 17.9. The topological polar surface area (TPSA) is 73.3 Å². The van der Waals surface area contributed by atoms with E-state index in [2.05, 4.69) is 20.3 Å². The third-order valence-corrected chi connectivity index (χ3v) is 3.87. The number of anilines is 1. The highest BCUT2D eigenvalue weighted by atomic mass is 16.3. The van der Waals surface area contributed by atoms with Gasteiger partial charge in [0, 0.05) is 23.9 Å². The first-order chi connectivity index (χ1) is 11.8. The number of hydrogen-bond acceptors (Lipinski definition) is 4. The van der Waals surface area contributed by atoms with Gasteiger partial charge in [0.1, 0.15) is 5.69 Å². The van der Waals surface area contributed by atoms with Crippen molar-refractivity contribution in [3.8, 4) is 5.88 Å². The molecule has 0 saturated carbocycles. The Hall–Kier alpha value is -3.34. The second kappa shape index (κ2) is 6.04. The number of aliphatic imine (C=N–C) groups is 1. The van der Waals surface area contributed by atoms with Crippen molar-refractivity contribution >= 4 is 29.5 Å². The number of para-hydroxylation sites is 1. The maximum atomic E-state index is 10.1. The predicted molar refractivity (Wildman–Crippen MR) is 96.5 cm³/mol. The van der Waals surface area contributed by atoms with Gasteiger partial charge in [0.05, 0.1) is 5.69 Å². The van der Waals surface area contributed by atoms with Crippen molar-refractivity contribution < 1.29 is 5.11 Å². The Bertz CT molecular complexity index is 926. The van der Waals surface area contributed by atoms with E-state index in [1.54, 1.807) is 6.21 Å². The number of fused-ring (bicyclic) bond motifs is 1. The van der Waals surface area contributed by atoms with Crippen molar-refractivity contribution in [1.82, 2.24) is 9.97 Å². The minimum atomic E-state index is -0.0316. The highest BCUT2D eigenvalue weighted by molar-refractivity contribution is 6.21. The molecule has 0 saturated heterocycles. The number of aromatic hydroxyl groups is 1. The monoisotopic (exact) mass is 316 g/mol. The molecular formula is C19H16N4O. The number of nitrogens with one attached hydrogen (secondary N) is 2. The Morgan fingerprint density at radius 1 is 1.04 bits per heavy atom. The van der Waals surface area contributed by atoms with Crippen LogP contribution < -0.4 is 5.32 Å². The number of benzene rings is 2. The summed E-state index contributed by atoms with van der Waals surface area (Å²) in [5.41, 5.74) is 4.63. The van der Waals surface area contributed by atoms with Crippen LogP contribution in [0.5, 0.6) is 5.88 Å². The minimum Gasteiger partial charge on any atom is -0.492 e. The average molecular weight is 316 g/mol. The SMILES string of the molecule is Oc1nc(NCc2ccccc2)[nH]c1/C=C1/C=Nc2ccccc21. The van der Waals surface area contributed by atoms with E-state index >= 15 is 0 Å². The third-order valence-electron chi connectivity index (χ3n) is 3.87. The molecule has 3 N–H and O–H groups in total. The van der Waals surface area contributed by atoms with Crippen LogP contribution in [-0.2, 0) is 6.54 Å². The zero-order valence-electron chi connectivity index (χ0n) is 12.9. The van der Waals surface area contributed by atoms with E-state index in [4.69, 9.17) is 0 Å². The molecule has 2 aromatic carbocycles. The summed E-state index contributed by atoms with van der Waals surface area (Å²) in [5.74, 6) is 0.502. The number of nitrogens with zero attached hydrogens (tertiary/aromatic N) is 2. The standard InChI is InChI=1S/C19H16N4O/c24-18-17(10-14-12-20-16-9-5-4-8-15(14)16)22-19(23-18)21-11-13-6-2-1-3-7-13/h1-10,12,24H,11H2,(H2,21,22,23)/b14-10-. The van der Waals surface area contributed by atoms with Crippen molar-refractivity contribution in [2.75, 3.05) is 5.32 Å². The molecule has 0 atom stereocenters. The van der Waals surface area contributed by atoms with Gasteiger partial charge in [-0.1, -0.05) is 48.5 Å². The molecule has 0 radical (unpaired) electrons. The van der Waals surface area contributed by atoms with E-state index in [0.29, 0.717) is 18.2 Å². The molecule has 0 spiro atoms. The lowest BCUT2D eigenvalue weighted by Gasteiger charge is -2.02. The number of imidazole rings is 1. The molecule has 0 amide bonds. The number of aromatic nitrogens is 2. The van der Waals surface area contributed by atoms with E-state index in [9.17, 15) is 5.11 Å². The molecule has 1 aromatic heterocycles. The van der Waals surface area contributed by atoms with Crippen molar-refractivity contribution in [2.45, 2.75) is 6.54 Å². The average Bonchev–Trinajstić information content (AvgIpc) is 3.18. The van der Waals surface area contributed by atoms with Crippen LogP contribution in [0.3, 0.4) is 0 Å². The highest BCUT2D eigenvalue weighted by Gasteiger charge is 2.13. The first-order valence-electron chi connectivity index (χ1n) is 7.71. The number of hydrogen-bond donors (Lipinski definition) is 3. The van der Waals surface area contributed by atoms with Gasteiger partial charge in [-0.15, -0.1) is 0 Å². The summed E-state index contributed by atoms with van der Waals surface area (Å²) in [6.07, 6.45) is 3.65. The largest absolute Gasteiger partial charge is 0.492 e. The molecule has 5 heteroatoms. The van der Waals surface area contributed by atoms with E-state index in [-0.39, 0.29) is 5.88 Å². The first-order valence-corrected chi connectivity index (χ1v) is 7.71. The smallest absolute Gasteiger partial charge is 0.238 e. The second-order valence-corrected chi connectivity index (χ2v) is 5.54. The van der Waals surface area contributed by atoms with Crippen LogP contribution in [0, 0.1) is 0 Å². The molecule has 5 nitrogen and oxygen atoms in total. The molecule has 0 aliphatic carbocycles. The molecule has 24 heavy (non-hydrogen) atoms. The van der Waals surface area contributed by atoms with Gasteiger partial charge >= 0.3 is 0 Å². The highest BCUT2D eigenvalue weighted by Crippen LogP contribution is 2.33. The number of H-pyrrole nitrogens is 1. The van der Waals surface area contributed by atoms with Gasteiger partial charge in [-0.25, -0.2) is 0 Å².